The lowest BCUT2D eigenvalue weighted by Crippen LogP contribution is -2.20. The largest absolute Gasteiger partial charge is 0.488 e. The third kappa shape index (κ3) is 5.45. The average Bonchev–Trinajstić information content (AvgIpc) is 3.36. The molecule has 0 aliphatic heterocycles. The summed E-state index contributed by atoms with van der Waals surface area (Å²) in [6.07, 6.45) is 1.56. The number of hydrogen-bond donors (Lipinski definition) is 0. The van der Waals surface area contributed by atoms with Crippen LogP contribution in [0.15, 0.2) is 108 Å². The van der Waals surface area contributed by atoms with Gasteiger partial charge in [0.15, 0.2) is 5.76 Å². The van der Waals surface area contributed by atoms with E-state index in [0.717, 1.165) is 19.9 Å². The van der Waals surface area contributed by atoms with Crippen molar-refractivity contribution in [2.45, 2.75) is 6.61 Å². The van der Waals surface area contributed by atoms with Crippen LogP contribution in [-0.4, -0.2) is 15.9 Å². The Labute approximate surface area is 255 Å². The second-order valence-electron chi connectivity index (χ2n) is 8.81. The first-order valence-corrected chi connectivity index (χ1v) is 14.3. The van der Waals surface area contributed by atoms with Crippen molar-refractivity contribution in [1.29, 1.82) is 0 Å². The van der Waals surface area contributed by atoms with Crippen molar-refractivity contribution >= 4 is 83.1 Å². The molecule has 6 rings (SSSR count). The van der Waals surface area contributed by atoms with E-state index in [2.05, 4.69) is 37.0 Å². The van der Waals surface area contributed by atoms with Gasteiger partial charge in [0.2, 0.25) is 5.82 Å². The van der Waals surface area contributed by atoms with Crippen molar-refractivity contribution < 1.29 is 9.15 Å². The van der Waals surface area contributed by atoms with Crippen molar-refractivity contribution in [2.75, 3.05) is 0 Å². The molecule has 0 amide bonds. The van der Waals surface area contributed by atoms with Crippen LogP contribution in [0.4, 0.5) is 0 Å². The second kappa shape index (κ2) is 11.2. The number of nitrogens with zero attached hydrogens (tertiary/aromatic N) is 3. The maximum Gasteiger partial charge on any atom is 0.282 e. The molecule has 0 aliphatic rings. The van der Waals surface area contributed by atoms with Crippen LogP contribution in [0.1, 0.15) is 11.1 Å². The van der Waals surface area contributed by atoms with E-state index in [1.54, 1.807) is 36.5 Å². The van der Waals surface area contributed by atoms with E-state index in [1.165, 1.54) is 4.68 Å². The molecular weight excluding hydrogens is 681 g/mol. The molecule has 40 heavy (non-hydrogen) atoms. The number of ether oxygens (including phenoxy) is 1. The highest BCUT2D eigenvalue weighted by Crippen LogP contribution is 2.30. The van der Waals surface area contributed by atoms with E-state index < -0.39 is 0 Å². The molecule has 0 aliphatic carbocycles. The summed E-state index contributed by atoms with van der Waals surface area (Å²) >= 11 is 19.3. The number of hydrogen-bond acceptors (Lipinski definition) is 5. The first-order chi connectivity index (χ1) is 19.4. The van der Waals surface area contributed by atoms with Crippen LogP contribution < -0.4 is 10.3 Å². The zero-order valence-electron chi connectivity index (χ0n) is 20.4. The average molecular weight is 698 g/mol. The van der Waals surface area contributed by atoms with Gasteiger partial charge in [0.1, 0.15) is 17.9 Å². The molecule has 10 heteroatoms. The molecule has 0 radical (unpaired) electrons. The molecule has 6 nitrogen and oxygen atoms in total. The topological polar surface area (TPSA) is 69.6 Å². The Balaban J connectivity index is 1.43. The van der Waals surface area contributed by atoms with Crippen molar-refractivity contribution in [2.24, 2.45) is 5.10 Å². The molecule has 0 atom stereocenters. The number of halogens is 4. The van der Waals surface area contributed by atoms with Gasteiger partial charge in [0, 0.05) is 35.5 Å². The number of rotatable bonds is 6. The summed E-state index contributed by atoms with van der Waals surface area (Å²) in [7, 11) is 0. The lowest BCUT2D eigenvalue weighted by Gasteiger charge is -2.11. The minimum Gasteiger partial charge on any atom is -0.488 e. The Morgan fingerprint density at radius 1 is 0.950 bits per heavy atom. The van der Waals surface area contributed by atoms with Gasteiger partial charge in [-0.05, 0) is 66.7 Å². The number of fused-ring (bicyclic) bond motifs is 2. The van der Waals surface area contributed by atoms with Gasteiger partial charge in [0.25, 0.3) is 5.56 Å². The van der Waals surface area contributed by atoms with E-state index >= 15 is 0 Å². The smallest absolute Gasteiger partial charge is 0.282 e. The third-order valence-electron chi connectivity index (χ3n) is 6.13. The molecule has 198 valence electrons. The van der Waals surface area contributed by atoms with Gasteiger partial charge in [-0.2, -0.15) is 9.78 Å². The van der Waals surface area contributed by atoms with E-state index in [1.807, 2.05) is 54.6 Å². The van der Waals surface area contributed by atoms with Gasteiger partial charge in [-0.3, -0.25) is 4.79 Å². The van der Waals surface area contributed by atoms with Gasteiger partial charge < -0.3 is 9.15 Å². The fourth-order valence-electron chi connectivity index (χ4n) is 4.18. The van der Waals surface area contributed by atoms with E-state index in [0.29, 0.717) is 43.6 Å². The second-order valence-corrected chi connectivity index (χ2v) is 11.5. The van der Waals surface area contributed by atoms with Gasteiger partial charge in [-0.15, -0.1) is 0 Å². The molecule has 0 fully saturated rings. The van der Waals surface area contributed by atoms with Crippen LogP contribution in [0.5, 0.6) is 5.75 Å². The number of benzene rings is 4. The number of furan rings is 1. The molecule has 0 unspecified atom stereocenters. The Morgan fingerprint density at radius 2 is 1.75 bits per heavy atom. The van der Waals surface area contributed by atoms with Crippen LogP contribution in [0.25, 0.3) is 33.5 Å². The third-order valence-corrected chi connectivity index (χ3v) is 7.71. The van der Waals surface area contributed by atoms with Gasteiger partial charge in [-0.25, -0.2) is 4.98 Å². The molecule has 0 saturated carbocycles. The molecular formula is C30H17Br2Cl2N3O3. The Bertz CT molecular complexity index is 2000. The summed E-state index contributed by atoms with van der Waals surface area (Å²) in [6, 6.07) is 25.4. The maximum absolute atomic E-state index is 13.6. The van der Waals surface area contributed by atoms with E-state index in [-0.39, 0.29) is 18.0 Å². The summed E-state index contributed by atoms with van der Waals surface area (Å²) in [5.74, 6) is 1.24. The highest BCUT2D eigenvalue weighted by Gasteiger charge is 2.17. The first kappa shape index (κ1) is 26.8. The SMILES string of the molecule is O=c1c2ccccc2nc(-c2cc3cc(Br)ccc3o2)n1N=Cc1cc(Br)ccc1OCc1ccc(Cl)cc1Cl. The Kier molecular flexibility index (Phi) is 7.51. The minimum atomic E-state index is -0.330. The normalized spacial score (nSPS) is 11.6. The van der Waals surface area contributed by atoms with Crippen molar-refractivity contribution in [3.8, 4) is 17.3 Å². The highest BCUT2D eigenvalue weighted by molar-refractivity contribution is 9.10. The lowest BCUT2D eigenvalue weighted by molar-refractivity contribution is 0.306. The Morgan fingerprint density at radius 3 is 2.60 bits per heavy atom. The molecule has 0 spiro atoms. The van der Waals surface area contributed by atoms with Crippen molar-refractivity contribution in [3.05, 3.63) is 125 Å². The molecule has 2 heterocycles. The van der Waals surface area contributed by atoms with Gasteiger partial charge in [-0.1, -0.05) is 73.3 Å². The summed E-state index contributed by atoms with van der Waals surface area (Å²) < 4.78 is 15.1. The van der Waals surface area contributed by atoms with E-state index in [9.17, 15) is 4.79 Å². The fourth-order valence-corrected chi connectivity index (χ4v) is 5.40. The molecule has 0 N–H and O–H groups in total. The number of aromatic nitrogens is 2. The molecule has 6 aromatic rings. The van der Waals surface area contributed by atoms with Crippen LogP contribution in [0.3, 0.4) is 0 Å². The van der Waals surface area contributed by atoms with Gasteiger partial charge in [0.05, 0.1) is 17.1 Å². The maximum atomic E-state index is 13.6. The zero-order valence-corrected chi connectivity index (χ0v) is 25.1. The fraction of sp³-hybridized carbons (Fsp3) is 0.0333. The monoisotopic (exact) mass is 695 g/mol. The molecule has 2 aromatic heterocycles. The van der Waals surface area contributed by atoms with Crippen LogP contribution in [0.2, 0.25) is 10.0 Å². The van der Waals surface area contributed by atoms with E-state index in [4.69, 9.17) is 37.3 Å². The van der Waals surface area contributed by atoms with Crippen LogP contribution in [0, 0.1) is 0 Å². The molecule has 4 aromatic carbocycles. The summed E-state index contributed by atoms with van der Waals surface area (Å²) in [5.41, 5.74) is 2.30. The number of para-hydroxylation sites is 1. The summed E-state index contributed by atoms with van der Waals surface area (Å²) in [5, 5.41) is 6.94. The highest BCUT2D eigenvalue weighted by atomic mass is 79.9. The summed E-state index contributed by atoms with van der Waals surface area (Å²) in [4.78, 5) is 18.4. The zero-order chi connectivity index (χ0) is 27.8. The quantitative estimate of drug-likeness (QED) is 0.163. The lowest BCUT2D eigenvalue weighted by atomic mass is 10.2. The Hall–Kier alpha value is -3.43. The van der Waals surface area contributed by atoms with Crippen molar-refractivity contribution in [1.82, 2.24) is 9.66 Å². The molecule has 0 bridgehead atoms. The minimum absolute atomic E-state index is 0.218. The standard InChI is InChI=1S/C30H17Br2Cl2N3O3/c31-20-7-10-27-18(11-20)13-28(40-27)29-36-25-4-2-1-3-23(25)30(38)37(29)35-15-19-12-21(32)6-9-26(19)39-16-17-5-8-22(33)14-24(17)34/h1-15H,16H2. The summed E-state index contributed by atoms with van der Waals surface area (Å²) in [6.45, 7) is 0.218. The van der Waals surface area contributed by atoms with Crippen LogP contribution >= 0.6 is 55.1 Å². The first-order valence-electron chi connectivity index (χ1n) is 12.0. The predicted molar refractivity (Wildman–Crippen MR) is 167 cm³/mol. The molecule has 0 saturated heterocycles. The van der Waals surface area contributed by atoms with Crippen LogP contribution in [-0.2, 0) is 6.61 Å². The predicted octanol–water partition coefficient (Wildman–Crippen LogP) is 9.10. The van der Waals surface area contributed by atoms with Crippen molar-refractivity contribution in [3.63, 3.8) is 0 Å². The van der Waals surface area contributed by atoms with Gasteiger partial charge >= 0.3 is 0 Å².